The van der Waals surface area contributed by atoms with Crippen molar-refractivity contribution in [1.29, 1.82) is 0 Å². The quantitative estimate of drug-likeness (QED) is 0.162. The van der Waals surface area contributed by atoms with Crippen LogP contribution >= 0.6 is 11.3 Å². The van der Waals surface area contributed by atoms with Crippen LogP contribution in [0.1, 0.15) is 66.5 Å². The lowest BCUT2D eigenvalue weighted by Crippen LogP contribution is -2.54. The minimum atomic E-state index is -0.447. The molecule has 63 heavy (non-hydrogen) atoms. The number of aryl methyl sites for hydroxylation is 2. The van der Waals surface area contributed by atoms with E-state index in [1.165, 1.54) is 20.8 Å². The number of hydrogen-bond donors (Lipinski definition) is 0. The van der Waals surface area contributed by atoms with Crippen LogP contribution in [0.25, 0.3) is 20.2 Å². The molecule has 1 aromatic heterocycles. The lowest BCUT2D eigenvalue weighted by molar-refractivity contribution is -0.000861. The maximum atomic E-state index is 7.22. The second kappa shape index (κ2) is 11.9. The minimum absolute atomic E-state index is 0.121. The zero-order valence-electron chi connectivity index (χ0n) is 37.5. The first-order valence-corrected chi connectivity index (χ1v) is 23.1. The number of benzene rings is 6. The Kier molecular flexibility index (Phi) is 7.11. The summed E-state index contributed by atoms with van der Waals surface area (Å²) in [4.78, 5) is 4.88. The summed E-state index contributed by atoms with van der Waals surface area (Å²) < 4.78 is 31.0. The highest BCUT2D eigenvalue weighted by Crippen LogP contribution is 2.59. The highest BCUT2D eigenvalue weighted by Gasteiger charge is 2.60. The zero-order chi connectivity index (χ0) is 43.3. The molecule has 6 aliphatic heterocycles. The standard InChI is InChI=1S/C54H48B2N2O4S/c1-29-21-37-45-41(23-29)59-39-25-33-34-26-40-36(28-44(34)63-43(33)27-35(39)55(45)49-47(51(3,4)53(7,8)61-49)57(37)31-17-13-11-14-18-31)56-46-38(22-30(2)24-42(46)60-40)58(32-19-15-12-16-20-32)48-50(56)62-54(9,10)52(48,5)6/h11-28H,1-10H3. The average molecular weight is 843 g/mol. The Hall–Kier alpha value is -6.05. The second-order valence-electron chi connectivity index (χ2n) is 20.6. The van der Waals surface area contributed by atoms with Gasteiger partial charge in [0.2, 0.25) is 0 Å². The summed E-state index contributed by atoms with van der Waals surface area (Å²) in [5.74, 6) is 3.52. The van der Waals surface area contributed by atoms with Gasteiger partial charge in [0, 0.05) is 64.7 Å². The maximum absolute atomic E-state index is 7.22. The molecule has 0 aliphatic carbocycles. The van der Waals surface area contributed by atoms with Gasteiger partial charge < -0.3 is 28.7 Å². The number of nitrogens with zero attached hydrogens (tertiary/aromatic N) is 2. The van der Waals surface area contributed by atoms with Gasteiger partial charge in [-0.25, -0.2) is 0 Å². The van der Waals surface area contributed by atoms with Gasteiger partial charge in [0.15, 0.2) is 0 Å². The molecule has 6 aromatic carbocycles. The number of hydrogen-bond acceptors (Lipinski definition) is 7. The molecular weight excluding hydrogens is 794 g/mol. The summed E-state index contributed by atoms with van der Waals surface area (Å²) in [5.41, 5.74) is 14.4. The third kappa shape index (κ3) is 4.71. The molecule has 0 atom stereocenters. The van der Waals surface area contributed by atoms with Crippen LogP contribution in [-0.4, -0.2) is 24.6 Å². The molecule has 0 amide bonds. The Morgan fingerprint density at radius 3 is 1.27 bits per heavy atom. The van der Waals surface area contributed by atoms with Crippen LogP contribution in [0.4, 0.5) is 22.7 Å². The van der Waals surface area contributed by atoms with Gasteiger partial charge in [-0.05, 0) is 136 Å². The SMILES string of the molecule is Cc1cc2c3c(c1)N(c1ccccc1)C1=C(OC(C)(C)C1(C)C)B3c1cc3sc4cc5c(cc4c3cc1O2)Oc1cc(C)cc2c1B5C1=C(N2c2ccccc2)C(C)(C)C(C)(C)O1. The van der Waals surface area contributed by atoms with Crippen LogP contribution in [0.15, 0.2) is 132 Å². The molecule has 310 valence electrons. The molecule has 0 spiro atoms. The van der Waals surface area contributed by atoms with Crippen molar-refractivity contribution in [2.45, 2.75) is 80.4 Å². The van der Waals surface area contributed by atoms with Gasteiger partial charge in [-0.15, -0.1) is 11.3 Å². The van der Waals surface area contributed by atoms with Gasteiger partial charge in [0.1, 0.15) is 34.2 Å². The lowest BCUT2D eigenvalue weighted by Gasteiger charge is -2.42. The van der Waals surface area contributed by atoms with E-state index in [4.69, 9.17) is 18.9 Å². The number of anilines is 4. The van der Waals surface area contributed by atoms with E-state index in [9.17, 15) is 0 Å². The van der Waals surface area contributed by atoms with E-state index in [2.05, 4.69) is 188 Å². The summed E-state index contributed by atoms with van der Waals surface area (Å²) in [6, 6.07) is 39.8. The first kappa shape index (κ1) is 37.5. The zero-order valence-corrected chi connectivity index (χ0v) is 38.3. The van der Waals surface area contributed by atoms with Crippen LogP contribution in [0, 0.1) is 24.7 Å². The molecule has 7 aromatic rings. The van der Waals surface area contributed by atoms with Crippen molar-refractivity contribution in [2.24, 2.45) is 10.8 Å². The molecular formula is C54H48B2N2O4S. The number of para-hydroxylation sites is 2. The molecule has 6 nitrogen and oxygen atoms in total. The third-order valence-corrected chi connectivity index (χ3v) is 16.9. The first-order valence-electron chi connectivity index (χ1n) is 22.3. The van der Waals surface area contributed by atoms with E-state index in [1.54, 1.807) is 0 Å². The first-order chi connectivity index (χ1) is 30.0. The summed E-state index contributed by atoms with van der Waals surface area (Å²) in [7, 11) is 0. The van der Waals surface area contributed by atoms with Gasteiger partial charge in [-0.3, -0.25) is 0 Å². The Morgan fingerprint density at radius 1 is 0.476 bits per heavy atom. The van der Waals surface area contributed by atoms with Crippen molar-refractivity contribution in [3.8, 4) is 23.0 Å². The van der Waals surface area contributed by atoms with Gasteiger partial charge in [-0.1, -0.05) is 64.1 Å². The van der Waals surface area contributed by atoms with E-state index in [1.807, 2.05) is 11.3 Å². The van der Waals surface area contributed by atoms with Crippen molar-refractivity contribution in [1.82, 2.24) is 0 Å². The van der Waals surface area contributed by atoms with Crippen LogP contribution < -0.4 is 41.1 Å². The second-order valence-corrected chi connectivity index (χ2v) is 21.7. The molecule has 0 unspecified atom stereocenters. The van der Waals surface area contributed by atoms with Crippen molar-refractivity contribution >= 4 is 89.5 Å². The van der Waals surface area contributed by atoms with Crippen molar-refractivity contribution in [3.63, 3.8) is 0 Å². The molecule has 0 bridgehead atoms. The van der Waals surface area contributed by atoms with E-state index in [-0.39, 0.29) is 24.3 Å². The number of thiophene rings is 1. The normalized spacial score (nSPS) is 19.7. The molecule has 7 heterocycles. The summed E-state index contributed by atoms with van der Waals surface area (Å²) in [6.45, 7) is 22.3. The van der Waals surface area contributed by atoms with Crippen LogP contribution in [-0.2, 0) is 9.47 Å². The molecule has 9 heteroatoms. The molecule has 0 saturated carbocycles. The third-order valence-electron chi connectivity index (χ3n) is 15.8. The summed E-state index contributed by atoms with van der Waals surface area (Å²) in [5, 5.41) is 2.32. The fourth-order valence-electron chi connectivity index (χ4n) is 11.4. The van der Waals surface area contributed by atoms with E-state index in [0.29, 0.717) is 0 Å². The van der Waals surface area contributed by atoms with Gasteiger partial charge >= 0.3 is 0 Å². The number of ether oxygens (including phenoxy) is 4. The van der Waals surface area contributed by atoms with Gasteiger partial charge in [0.05, 0.1) is 22.7 Å². The van der Waals surface area contributed by atoms with E-state index < -0.39 is 11.2 Å². The fourth-order valence-corrected chi connectivity index (χ4v) is 12.5. The summed E-state index contributed by atoms with van der Waals surface area (Å²) >= 11 is 1.84. The predicted molar refractivity (Wildman–Crippen MR) is 261 cm³/mol. The molecule has 0 fully saturated rings. The van der Waals surface area contributed by atoms with Crippen molar-refractivity contribution < 1.29 is 18.9 Å². The highest BCUT2D eigenvalue weighted by atomic mass is 32.1. The minimum Gasteiger partial charge on any atom is -0.499 e. The molecule has 0 radical (unpaired) electrons. The predicted octanol–water partition coefficient (Wildman–Crippen LogP) is 11.6. The van der Waals surface area contributed by atoms with Crippen molar-refractivity contribution in [3.05, 3.63) is 143 Å². The fraction of sp³-hybridized carbons (Fsp3) is 0.259. The topological polar surface area (TPSA) is 43.4 Å². The van der Waals surface area contributed by atoms with Gasteiger partial charge in [-0.2, -0.15) is 0 Å². The number of rotatable bonds is 2. The van der Waals surface area contributed by atoms with Crippen LogP contribution in [0.3, 0.4) is 0 Å². The Labute approximate surface area is 373 Å². The van der Waals surface area contributed by atoms with E-state index >= 15 is 0 Å². The van der Waals surface area contributed by atoms with E-state index in [0.717, 1.165) is 101 Å². The molecule has 0 N–H and O–H groups in total. The lowest BCUT2D eigenvalue weighted by atomic mass is 9.36. The average Bonchev–Trinajstić information content (AvgIpc) is 3.75. The Bertz CT molecular complexity index is 3080. The monoisotopic (exact) mass is 842 g/mol. The number of fused-ring (bicyclic) bond motifs is 9. The Morgan fingerprint density at radius 2 is 0.873 bits per heavy atom. The van der Waals surface area contributed by atoms with Gasteiger partial charge in [0.25, 0.3) is 13.4 Å². The Balaban J connectivity index is 1.02. The largest absolute Gasteiger partial charge is 0.499 e. The molecule has 0 saturated heterocycles. The molecule has 6 aliphatic rings. The molecule has 13 rings (SSSR count). The summed E-state index contributed by atoms with van der Waals surface area (Å²) in [6.07, 6.45) is 0. The van der Waals surface area contributed by atoms with Crippen molar-refractivity contribution in [2.75, 3.05) is 9.80 Å². The maximum Gasteiger partial charge on any atom is 0.299 e. The van der Waals surface area contributed by atoms with Crippen LogP contribution in [0.2, 0.25) is 0 Å². The van der Waals surface area contributed by atoms with Crippen LogP contribution in [0.5, 0.6) is 23.0 Å². The smallest absolute Gasteiger partial charge is 0.299 e. The highest BCUT2D eigenvalue weighted by molar-refractivity contribution is 7.26.